The highest BCUT2D eigenvalue weighted by Crippen LogP contribution is 2.10. The Morgan fingerprint density at radius 3 is 2.88 bits per heavy atom. The number of imidazole rings is 1. The first-order chi connectivity index (χ1) is 8.18. The van der Waals surface area contributed by atoms with Gasteiger partial charge in [0.05, 0.1) is 6.33 Å². The molecule has 0 spiro atoms. The van der Waals surface area contributed by atoms with Crippen molar-refractivity contribution in [3.05, 3.63) is 42.2 Å². The van der Waals surface area contributed by atoms with Crippen molar-refractivity contribution in [3.63, 3.8) is 0 Å². The Bertz CT molecular complexity index is 500. The minimum atomic E-state index is -0.866. The van der Waals surface area contributed by atoms with Crippen molar-refractivity contribution in [2.75, 3.05) is 0 Å². The molecule has 0 radical (unpaired) electrons. The van der Waals surface area contributed by atoms with E-state index >= 15 is 0 Å². The topological polar surface area (TPSA) is 60.0 Å². The van der Waals surface area contributed by atoms with Gasteiger partial charge in [-0.05, 0) is 25.0 Å². The van der Waals surface area contributed by atoms with Crippen LogP contribution in [0.4, 0.5) is 0 Å². The molecule has 5 heteroatoms. The standard InChI is InChI=1S/C12H15N3O2/c1-10-3-7-15(11(10)12(16)17)6-2-5-14-8-4-13-9-14/h3-4,7-9H,2,5-6H2,1H3,(H,16,17). The highest BCUT2D eigenvalue weighted by Gasteiger charge is 2.12. The molecule has 2 aromatic rings. The van der Waals surface area contributed by atoms with Crippen LogP contribution in [0.2, 0.25) is 0 Å². The fourth-order valence-electron chi connectivity index (χ4n) is 1.90. The Balaban J connectivity index is 1.97. The number of nitrogens with zero attached hydrogens (tertiary/aromatic N) is 3. The minimum Gasteiger partial charge on any atom is -0.477 e. The predicted molar refractivity (Wildman–Crippen MR) is 63.0 cm³/mol. The number of aryl methyl sites for hydroxylation is 3. The van der Waals surface area contributed by atoms with Crippen LogP contribution >= 0.6 is 0 Å². The Morgan fingerprint density at radius 1 is 1.41 bits per heavy atom. The van der Waals surface area contributed by atoms with Gasteiger partial charge in [-0.25, -0.2) is 9.78 Å². The van der Waals surface area contributed by atoms with Gasteiger partial charge in [-0.15, -0.1) is 0 Å². The van der Waals surface area contributed by atoms with Gasteiger partial charge in [0.1, 0.15) is 5.69 Å². The molecule has 17 heavy (non-hydrogen) atoms. The highest BCUT2D eigenvalue weighted by molar-refractivity contribution is 5.87. The number of rotatable bonds is 5. The molecule has 0 aliphatic carbocycles. The van der Waals surface area contributed by atoms with Crippen LogP contribution < -0.4 is 0 Å². The fraction of sp³-hybridized carbons (Fsp3) is 0.333. The molecule has 2 aromatic heterocycles. The van der Waals surface area contributed by atoms with Gasteiger partial charge in [0.15, 0.2) is 0 Å². The average molecular weight is 233 g/mol. The first-order valence-corrected chi connectivity index (χ1v) is 5.53. The van der Waals surface area contributed by atoms with E-state index in [0.717, 1.165) is 18.5 Å². The molecule has 90 valence electrons. The SMILES string of the molecule is Cc1ccn(CCCn2ccnc2)c1C(=O)O. The van der Waals surface area contributed by atoms with E-state index in [9.17, 15) is 4.79 Å². The first-order valence-electron chi connectivity index (χ1n) is 5.53. The van der Waals surface area contributed by atoms with Crippen molar-refractivity contribution in [1.29, 1.82) is 0 Å². The third-order valence-electron chi connectivity index (χ3n) is 2.74. The Hall–Kier alpha value is -2.04. The largest absolute Gasteiger partial charge is 0.477 e. The van der Waals surface area contributed by atoms with E-state index in [2.05, 4.69) is 4.98 Å². The van der Waals surface area contributed by atoms with Crippen LogP contribution in [0.3, 0.4) is 0 Å². The summed E-state index contributed by atoms with van der Waals surface area (Å²) in [5.41, 5.74) is 1.19. The fourth-order valence-corrected chi connectivity index (χ4v) is 1.90. The summed E-state index contributed by atoms with van der Waals surface area (Å²) >= 11 is 0. The lowest BCUT2D eigenvalue weighted by atomic mass is 10.3. The molecule has 0 amide bonds. The van der Waals surface area contributed by atoms with E-state index in [1.165, 1.54) is 0 Å². The van der Waals surface area contributed by atoms with Gasteiger partial charge in [0, 0.05) is 31.7 Å². The summed E-state index contributed by atoms with van der Waals surface area (Å²) in [6.07, 6.45) is 8.11. The van der Waals surface area contributed by atoms with Crippen molar-refractivity contribution in [2.24, 2.45) is 0 Å². The molecule has 0 aliphatic heterocycles. The molecule has 5 nitrogen and oxygen atoms in total. The van der Waals surface area contributed by atoms with Gasteiger partial charge in [0.25, 0.3) is 0 Å². The highest BCUT2D eigenvalue weighted by atomic mass is 16.4. The van der Waals surface area contributed by atoms with Crippen LogP contribution in [-0.2, 0) is 13.1 Å². The molecule has 0 unspecified atom stereocenters. The van der Waals surface area contributed by atoms with Crippen LogP contribution in [-0.4, -0.2) is 25.2 Å². The van der Waals surface area contributed by atoms with Crippen LogP contribution in [0.5, 0.6) is 0 Å². The number of carboxylic acid groups (broad SMARTS) is 1. The van der Waals surface area contributed by atoms with Crippen LogP contribution in [0, 0.1) is 6.92 Å². The molecule has 0 aliphatic rings. The number of carboxylic acids is 1. The molecule has 0 atom stereocenters. The number of aromatic carboxylic acids is 1. The zero-order valence-electron chi connectivity index (χ0n) is 9.71. The molecule has 1 N–H and O–H groups in total. The normalized spacial score (nSPS) is 10.6. The van der Waals surface area contributed by atoms with Crippen LogP contribution in [0.25, 0.3) is 0 Å². The lowest BCUT2D eigenvalue weighted by Crippen LogP contribution is -2.10. The summed E-state index contributed by atoms with van der Waals surface area (Å²) in [7, 11) is 0. The quantitative estimate of drug-likeness (QED) is 0.856. The number of hydrogen-bond acceptors (Lipinski definition) is 2. The van der Waals surface area contributed by atoms with Gasteiger partial charge in [-0.1, -0.05) is 0 Å². The number of carbonyl (C=O) groups is 1. The summed E-state index contributed by atoms with van der Waals surface area (Å²) < 4.78 is 3.77. The van der Waals surface area contributed by atoms with Gasteiger partial charge in [0.2, 0.25) is 0 Å². The van der Waals surface area contributed by atoms with Gasteiger partial charge in [-0.2, -0.15) is 0 Å². The van der Waals surface area contributed by atoms with E-state index in [1.54, 1.807) is 17.1 Å². The summed E-state index contributed by atoms with van der Waals surface area (Å²) in [5, 5.41) is 9.08. The smallest absolute Gasteiger partial charge is 0.352 e. The molecular weight excluding hydrogens is 218 g/mol. The molecule has 2 heterocycles. The zero-order valence-corrected chi connectivity index (χ0v) is 9.71. The number of aromatic nitrogens is 3. The summed E-state index contributed by atoms with van der Waals surface area (Å²) in [4.78, 5) is 15.0. The summed E-state index contributed by atoms with van der Waals surface area (Å²) in [5.74, 6) is -0.866. The second kappa shape index (κ2) is 4.86. The maximum absolute atomic E-state index is 11.1. The lowest BCUT2D eigenvalue weighted by molar-refractivity contribution is 0.0684. The lowest BCUT2D eigenvalue weighted by Gasteiger charge is -2.07. The minimum absolute atomic E-state index is 0.385. The molecule has 2 rings (SSSR count). The second-order valence-corrected chi connectivity index (χ2v) is 4.00. The van der Waals surface area contributed by atoms with Crippen molar-refractivity contribution in [2.45, 2.75) is 26.4 Å². The maximum Gasteiger partial charge on any atom is 0.352 e. The third-order valence-corrected chi connectivity index (χ3v) is 2.74. The Kier molecular flexibility index (Phi) is 3.27. The average Bonchev–Trinajstić information content (AvgIpc) is 2.88. The van der Waals surface area contributed by atoms with Crippen molar-refractivity contribution in [1.82, 2.24) is 14.1 Å². The van der Waals surface area contributed by atoms with Crippen LogP contribution in [0.15, 0.2) is 31.0 Å². The summed E-state index contributed by atoms with van der Waals surface area (Å²) in [6.45, 7) is 3.36. The molecule has 0 fully saturated rings. The second-order valence-electron chi connectivity index (χ2n) is 4.00. The van der Waals surface area contributed by atoms with E-state index in [1.807, 2.05) is 30.0 Å². The predicted octanol–water partition coefficient (Wildman–Crippen LogP) is 1.78. The molecule has 0 saturated heterocycles. The number of hydrogen-bond donors (Lipinski definition) is 1. The van der Waals surface area contributed by atoms with Crippen molar-refractivity contribution >= 4 is 5.97 Å². The van der Waals surface area contributed by atoms with Gasteiger partial charge in [-0.3, -0.25) is 0 Å². The van der Waals surface area contributed by atoms with Crippen molar-refractivity contribution < 1.29 is 9.90 Å². The monoisotopic (exact) mass is 233 g/mol. The Labute approximate surface area is 99.3 Å². The van der Waals surface area contributed by atoms with Gasteiger partial charge < -0.3 is 14.2 Å². The van der Waals surface area contributed by atoms with E-state index in [-0.39, 0.29) is 0 Å². The zero-order chi connectivity index (χ0) is 12.3. The summed E-state index contributed by atoms with van der Waals surface area (Å²) in [6, 6.07) is 1.83. The molecule has 0 saturated carbocycles. The first kappa shape index (κ1) is 11.4. The van der Waals surface area contributed by atoms with Gasteiger partial charge >= 0.3 is 5.97 Å². The molecule has 0 aromatic carbocycles. The Morgan fingerprint density at radius 2 is 2.24 bits per heavy atom. The van der Waals surface area contributed by atoms with E-state index in [4.69, 9.17) is 5.11 Å². The molecular formula is C12H15N3O2. The maximum atomic E-state index is 11.1. The van der Waals surface area contributed by atoms with Crippen molar-refractivity contribution in [3.8, 4) is 0 Å². The molecule has 0 bridgehead atoms. The van der Waals surface area contributed by atoms with E-state index < -0.39 is 5.97 Å². The third kappa shape index (κ3) is 2.55. The van der Waals surface area contributed by atoms with Crippen LogP contribution in [0.1, 0.15) is 22.5 Å². The van der Waals surface area contributed by atoms with E-state index in [0.29, 0.717) is 12.2 Å².